The fourth-order valence-electron chi connectivity index (χ4n) is 19.0. The summed E-state index contributed by atoms with van der Waals surface area (Å²) >= 11 is 0. The second-order valence-electron chi connectivity index (χ2n) is 37.7. The van der Waals surface area contributed by atoms with Gasteiger partial charge in [-0.25, -0.2) is 0 Å². The first-order chi connectivity index (χ1) is 64.3. The summed E-state index contributed by atoms with van der Waals surface area (Å²) in [5.74, 6) is 0. The number of hydrogen-bond donors (Lipinski definition) is 28. The van der Waals surface area contributed by atoms with Crippen LogP contribution in [0.2, 0.25) is 0 Å². The summed E-state index contributed by atoms with van der Waals surface area (Å²) < 4.78 is 97.8. The number of ether oxygens (including phenoxy) is 16. The zero-order valence-electron chi connectivity index (χ0n) is 76.7. The second kappa shape index (κ2) is 57.2. The minimum atomic E-state index is -2.11. The lowest BCUT2D eigenvalue weighted by Crippen LogP contribution is -2.65. The van der Waals surface area contributed by atoms with Crippen LogP contribution < -0.4 is 0 Å². The molecular formula is C90H158O44. The number of unbranched alkanes of at least 4 members (excludes halogenated alkanes) is 22. The molecule has 8 saturated heterocycles. The molecule has 40 atom stereocenters. The van der Waals surface area contributed by atoms with Crippen molar-refractivity contribution in [2.24, 2.45) is 10.8 Å². The van der Waals surface area contributed by atoms with Crippen molar-refractivity contribution in [3.05, 3.63) is 35.4 Å². The highest BCUT2D eigenvalue weighted by Gasteiger charge is 2.58. The highest BCUT2D eigenvalue weighted by Crippen LogP contribution is 2.43. The van der Waals surface area contributed by atoms with E-state index in [0.717, 1.165) is 116 Å². The molecule has 8 fully saturated rings. The van der Waals surface area contributed by atoms with Crippen LogP contribution in [0.5, 0.6) is 0 Å². The van der Waals surface area contributed by atoms with E-state index in [-0.39, 0.29) is 25.7 Å². The van der Waals surface area contributed by atoms with Gasteiger partial charge in [0.1, 0.15) is 195 Å². The molecule has 8 aliphatic rings. The number of aliphatic hydroxyl groups excluding tert-OH is 28. The van der Waals surface area contributed by atoms with Crippen molar-refractivity contribution in [3.63, 3.8) is 0 Å². The van der Waals surface area contributed by atoms with Gasteiger partial charge in [0.25, 0.3) is 0 Å². The second-order valence-corrected chi connectivity index (χ2v) is 37.7. The van der Waals surface area contributed by atoms with Crippen molar-refractivity contribution in [1.29, 1.82) is 0 Å². The Kier molecular flexibility index (Phi) is 49.1. The van der Waals surface area contributed by atoms with E-state index in [1.807, 2.05) is 0 Å². The van der Waals surface area contributed by atoms with Crippen LogP contribution in [0.25, 0.3) is 0 Å². The lowest BCUT2D eigenvalue weighted by molar-refractivity contribution is -0.365. The van der Waals surface area contributed by atoms with Crippen molar-refractivity contribution in [2.75, 3.05) is 79.3 Å². The minimum Gasteiger partial charge on any atom is -0.394 e. The lowest BCUT2D eigenvalue weighted by atomic mass is 9.73. The highest BCUT2D eigenvalue weighted by atomic mass is 16.8. The molecular weight excluding hydrogens is 1780 g/mol. The van der Waals surface area contributed by atoms with Gasteiger partial charge in [0.15, 0.2) is 50.3 Å². The standard InChI is InChI=1S/C90H158O44/c1-3-5-7-9-11-13-15-17-19-21-23-27-31-89(43-119-81-73(115)65(107)77(53(39-95)127-81)131-85-69(111)61(103)57(99)49(35-91)123-85,44-120-82-74(116)66(108)78(54(40-96)128-82)132-86-70(112)62(104)58(100)50(36-92)124-86)33-47-29-25-26-30-48(47)34-90(32-28-24-22-20-18-16-14-12-10-8-6-4-2,45-121-83-75(117)67(109)79(55(41-97)129-83)133-87-71(113)63(105)59(101)51(37-93)125-87)46-122-84-76(118)68(110)80(56(42-98)130-84)134-88-72(114)64(106)60(102)52(38-94)126-88/h25-26,29-30,49-88,91-118H,3-24,27-28,31-46H2,1-2H3/t49?,50?,51?,52?,53?,54?,55?,56?,57-,58-,59-,60-,61+,62+,63+,64+,65-,66-,67-,68-,69?,70?,71?,72?,73?,74?,75?,76?,77-,78-,79-,80-,81-,82-,83-,84-,85+,86+,87+,88+,89?,90?/m1/s1. The Hall–Kier alpha value is -2.54. The van der Waals surface area contributed by atoms with Gasteiger partial charge in [-0.3, -0.25) is 0 Å². The zero-order valence-corrected chi connectivity index (χ0v) is 76.7. The van der Waals surface area contributed by atoms with Crippen LogP contribution >= 0.6 is 0 Å². The van der Waals surface area contributed by atoms with Crippen molar-refractivity contribution >= 4 is 0 Å². The van der Waals surface area contributed by atoms with Gasteiger partial charge in [0.05, 0.1) is 79.3 Å². The van der Waals surface area contributed by atoms with E-state index in [1.54, 1.807) is 24.3 Å². The molecule has 44 heteroatoms. The molecule has 0 spiro atoms. The first-order valence-electron chi connectivity index (χ1n) is 48.2. The molecule has 0 saturated carbocycles. The molecule has 782 valence electrons. The fraction of sp³-hybridized carbons (Fsp3) is 0.933. The average molecular weight is 1940 g/mol. The molecule has 0 amide bonds. The molecule has 28 N–H and O–H groups in total. The van der Waals surface area contributed by atoms with Gasteiger partial charge in [-0.05, 0) is 36.8 Å². The summed E-state index contributed by atoms with van der Waals surface area (Å²) in [7, 11) is 0. The Balaban J connectivity index is 1.12. The summed E-state index contributed by atoms with van der Waals surface area (Å²) in [5, 5.41) is 311. The van der Waals surface area contributed by atoms with Gasteiger partial charge in [-0.1, -0.05) is 192 Å². The van der Waals surface area contributed by atoms with E-state index in [2.05, 4.69) is 13.8 Å². The Labute approximate surface area is 780 Å². The monoisotopic (exact) mass is 1940 g/mol. The van der Waals surface area contributed by atoms with Crippen LogP contribution in [0, 0.1) is 10.8 Å². The van der Waals surface area contributed by atoms with Gasteiger partial charge in [0.2, 0.25) is 0 Å². The van der Waals surface area contributed by atoms with Crippen molar-refractivity contribution in [2.45, 2.75) is 439 Å². The van der Waals surface area contributed by atoms with Gasteiger partial charge in [-0.15, -0.1) is 0 Å². The third kappa shape index (κ3) is 30.5. The van der Waals surface area contributed by atoms with E-state index in [1.165, 1.54) is 0 Å². The molecule has 1 aromatic carbocycles. The number of benzene rings is 1. The average Bonchev–Trinajstić information content (AvgIpc) is 0.787. The van der Waals surface area contributed by atoms with Crippen molar-refractivity contribution in [3.8, 4) is 0 Å². The Morgan fingerprint density at radius 3 is 0.590 bits per heavy atom. The van der Waals surface area contributed by atoms with Gasteiger partial charge >= 0.3 is 0 Å². The molecule has 0 radical (unpaired) electrons. The third-order valence-corrected chi connectivity index (χ3v) is 27.4. The molecule has 44 nitrogen and oxygen atoms in total. The summed E-state index contributed by atoms with van der Waals surface area (Å²) in [4.78, 5) is 0. The van der Waals surface area contributed by atoms with E-state index < -0.39 is 336 Å². The quantitative estimate of drug-likeness (QED) is 0.0270. The van der Waals surface area contributed by atoms with Crippen LogP contribution in [-0.2, 0) is 88.6 Å². The molecule has 16 unspecified atom stereocenters. The molecule has 0 aliphatic carbocycles. The maximum absolute atomic E-state index is 12.2. The maximum Gasteiger partial charge on any atom is 0.187 e. The summed E-state index contributed by atoms with van der Waals surface area (Å²) in [6.45, 7) is -5.38. The maximum atomic E-state index is 12.2. The highest BCUT2D eigenvalue weighted by molar-refractivity contribution is 5.30. The number of aliphatic hydroxyl groups is 28. The Bertz CT molecular complexity index is 2960. The van der Waals surface area contributed by atoms with Gasteiger partial charge in [0, 0.05) is 10.8 Å². The molecule has 1 aromatic rings. The smallest absolute Gasteiger partial charge is 0.187 e. The van der Waals surface area contributed by atoms with Crippen LogP contribution in [0.1, 0.15) is 192 Å². The zero-order chi connectivity index (χ0) is 97.7. The molecule has 0 bridgehead atoms. The minimum absolute atomic E-state index is 0.0863. The van der Waals surface area contributed by atoms with Crippen LogP contribution in [0.3, 0.4) is 0 Å². The predicted molar refractivity (Wildman–Crippen MR) is 460 cm³/mol. The van der Waals surface area contributed by atoms with E-state index in [4.69, 9.17) is 75.8 Å². The largest absolute Gasteiger partial charge is 0.394 e. The first-order valence-corrected chi connectivity index (χ1v) is 48.2. The first kappa shape index (κ1) is 115. The molecule has 0 aromatic heterocycles. The molecule has 9 rings (SSSR count). The van der Waals surface area contributed by atoms with Crippen molar-refractivity contribution in [1.82, 2.24) is 0 Å². The van der Waals surface area contributed by atoms with E-state index in [9.17, 15) is 143 Å². The lowest BCUT2D eigenvalue weighted by Gasteiger charge is -2.47. The number of rotatable bonds is 58. The SMILES string of the molecule is CCCCCCCCCCCCCCC(CO[C@@H]1OC(CO)[C@@H](O[C@@H]2OC(CO)[C@@H](O)[C@H](O)C2O)[C@H](O)C1O)(CO[C@@H]1OC(CO)[C@@H](O[C@@H]2OC(CO)[C@@H](O)[C@H](O)C2O)[C@H](O)C1O)Cc1ccccc1CC(CCCCCCCCCCCCCC)(CO[C@@H]1OC(CO)[C@@H](O[C@@H]2OC(CO)[C@@H](O)[C@H](O)C2O)[C@H](O)C1O)CO[C@@H]1OC(CO)[C@@H](O[C@@H]2OC(CO)[C@@H](O)[C@H](O)C2O)[C@H](O)C1O. The summed E-state index contributed by atoms with van der Waals surface area (Å²) in [6, 6.07) is 6.89. The Morgan fingerprint density at radius 2 is 0.396 bits per heavy atom. The van der Waals surface area contributed by atoms with Gasteiger partial charge in [-0.2, -0.15) is 0 Å². The van der Waals surface area contributed by atoms with Crippen molar-refractivity contribution < 1.29 is 219 Å². The fourth-order valence-corrected chi connectivity index (χ4v) is 19.0. The van der Waals surface area contributed by atoms with Crippen LogP contribution in [-0.4, -0.2) is 468 Å². The molecule has 8 heterocycles. The summed E-state index contributed by atoms with van der Waals surface area (Å²) in [5.41, 5.74) is -2.17. The summed E-state index contributed by atoms with van der Waals surface area (Å²) in [6.07, 6.45) is -53.2. The van der Waals surface area contributed by atoms with Gasteiger partial charge < -0.3 is 219 Å². The van der Waals surface area contributed by atoms with E-state index >= 15 is 0 Å². The Morgan fingerprint density at radius 1 is 0.216 bits per heavy atom. The van der Waals surface area contributed by atoms with Crippen LogP contribution in [0.4, 0.5) is 0 Å². The molecule has 8 aliphatic heterocycles. The predicted octanol–water partition coefficient (Wildman–Crippen LogP) is -6.51. The normalized spacial score (nSPS) is 40.6. The van der Waals surface area contributed by atoms with Crippen LogP contribution in [0.15, 0.2) is 24.3 Å². The van der Waals surface area contributed by atoms with E-state index in [0.29, 0.717) is 49.7 Å². The molecule has 134 heavy (non-hydrogen) atoms. The topological polar surface area (TPSA) is 714 Å². The third-order valence-electron chi connectivity index (χ3n) is 27.4. The number of hydrogen-bond acceptors (Lipinski definition) is 44.